The Hall–Kier alpha value is -1.13. The van der Waals surface area contributed by atoms with Crippen LogP contribution in [0.1, 0.15) is 69.8 Å². The van der Waals surface area contributed by atoms with Gasteiger partial charge in [0, 0.05) is 0 Å². The van der Waals surface area contributed by atoms with Crippen molar-refractivity contribution in [2.75, 3.05) is 0 Å². The Morgan fingerprint density at radius 3 is 1.65 bits per heavy atom. The van der Waals surface area contributed by atoms with Crippen molar-refractivity contribution in [3.8, 4) is 0 Å². The molecular formula is C25H35P. The summed E-state index contributed by atoms with van der Waals surface area (Å²) in [6.07, 6.45) is 14.6. The monoisotopic (exact) mass is 366 g/mol. The molecule has 2 aliphatic rings. The van der Waals surface area contributed by atoms with Crippen LogP contribution < -0.4 is 10.6 Å². The predicted octanol–water partition coefficient (Wildman–Crippen LogP) is 6.36. The molecule has 0 aromatic heterocycles. The molecule has 0 spiro atoms. The van der Waals surface area contributed by atoms with Crippen molar-refractivity contribution in [3.05, 3.63) is 60.2 Å². The van der Waals surface area contributed by atoms with Gasteiger partial charge in [-0.25, -0.2) is 0 Å². The third-order valence-corrected chi connectivity index (χ3v) is 13.8. The molecule has 26 heavy (non-hydrogen) atoms. The average Bonchev–Trinajstić information content (AvgIpc) is 2.72. The summed E-state index contributed by atoms with van der Waals surface area (Å²) in [4.78, 5) is 0. The summed E-state index contributed by atoms with van der Waals surface area (Å²) >= 11 is 0. The van der Waals surface area contributed by atoms with E-state index in [0.29, 0.717) is 0 Å². The second-order valence-corrected chi connectivity index (χ2v) is 13.2. The number of aryl methyl sites for hydroxylation is 1. The second-order valence-electron chi connectivity index (χ2n) is 8.72. The Labute approximate surface area is 160 Å². The fourth-order valence-electron chi connectivity index (χ4n) is 6.27. The molecular weight excluding hydrogens is 331 g/mol. The summed E-state index contributed by atoms with van der Waals surface area (Å²) < 4.78 is 0. The van der Waals surface area contributed by atoms with Crippen LogP contribution in [-0.4, -0.2) is 11.3 Å². The summed E-state index contributed by atoms with van der Waals surface area (Å²) in [5, 5.41) is 3.50. The molecule has 0 N–H and O–H groups in total. The van der Waals surface area contributed by atoms with Crippen LogP contribution in [0.4, 0.5) is 0 Å². The summed E-state index contributed by atoms with van der Waals surface area (Å²) in [5.41, 5.74) is 3.42. The Bertz CT molecular complexity index is 675. The zero-order valence-electron chi connectivity index (χ0n) is 16.4. The molecule has 0 aliphatic heterocycles. The standard InChI is InChI=1S/C25H35P/c1-21-13-11-12-20-25(21)26(22-14-5-2-6-15-22,23-16-7-3-8-17-23)24-18-9-4-10-19-24/h2,5-6,11-15,20,23-24,26H,3-4,7-10,16-19H2,1H3. The first-order valence-electron chi connectivity index (χ1n) is 10.9. The van der Waals surface area contributed by atoms with Crippen molar-refractivity contribution in [2.24, 2.45) is 0 Å². The first-order valence-corrected chi connectivity index (χ1v) is 13.1. The van der Waals surface area contributed by atoms with Crippen LogP contribution >= 0.6 is 7.26 Å². The van der Waals surface area contributed by atoms with Crippen LogP contribution in [0.2, 0.25) is 0 Å². The quantitative estimate of drug-likeness (QED) is 0.552. The molecule has 4 rings (SSSR count). The molecule has 140 valence electrons. The van der Waals surface area contributed by atoms with Gasteiger partial charge in [-0.15, -0.1) is 0 Å². The van der Waals surface area contributed by atoms with Crippen molar-refractivity contribution < 1.29 is 0 Å². The van der Waals surface area contributed by atoms with Gasteiger partial charge >= 0.3 is 160 Å². The van der Waals surface area contributed by atoms with Crippen LogP contribution in [0.15, 0.2) is 54.6 Å². The third kappa shape index (κ3) is 3.27. The van der Waals surface area contributed by atoms with Gasteiger partial charge in [0.2, 0.25) is 0 Å². The SMILES string of the molecule is Cc1ccccc1[PH](c1ccccc1)(C1CCCCC1)C1CCCCC1. The van der Waals surface area contributed by atoms with Crippen molar-refractivity contribution >= 4 is 17.9 Å². The maximum absolute atomic E-state index is 2.53. The summed E-state index contributed by atoms with van der Waals surface area (Å²) in [5.74, 6) is 0. The van der Waals surface area contributed by atoms with E-state index in [2.05, 4.69) is 61.5 Å². The Morgan fingerprint density at radius 1 is 0.615 bits per heavy atom. The fourth-order valence-corrected chi connectivity index (χ4v) is 13.6. The van der Waals surface area contributed by atoms with E-state index < -0.39 is 7.26 Å². The van der Waals surface area contributed by atoms with Gasteiger partial charge in [0.05, 0.1) is 0 Å². The van der Waals surface area contributed by atoms with Gasteiger partial charge in [-0.1, -0.05) is 0 Å². The molecule has 0 bridgehead atoms. The van der Waals surface area contributed by atoms with Crippen molar-refractivity contribution in [2.45, 2.75) is 82.4 Å². The number of rotatable bonds is 4. The van der Waals surface area contributed by atoms with Crippen molar-refractivity contribution in [3.63, 3.8) is 0 Å². The predicted molar refractivity (Wildman–Crippen MR) is 119 cm³/mol. The minimum atomic E-state index is -1.79. The normalized spacial score (nSPS) is 20.8. The van der Waals surface area contributed by atoms with E-state index in [-0.39, 0.29) is 0 Å². The Balaban J connectivity index is 1.94. The summed E-state index contributed by atoms with van der Waals surface area (Å²) in [7, 11) is -1.79. The van der Waals surface area contributed by atoms with Gasteiger partial charge in [0.1, 0.15) is 0 Å². The van der Waals surface area contributed by atoms with Gasteiger partial charge in [0.15, 0.2) is 0 Å². The van der Waals surface area contributed by atoms with Gasteiger partial charge in [-0.05, 0) is 0 Å². The second kappa shape index (κ2) is 8.26. The van der Waals surface area contributed by atoms with Crippen LogP contribution in [-0.2, 0) is 0 Å². The zero-order valence-corrected chi connectivity index (χ0v) is 17.4. The van der Waals surface area contributed by atoms with Crippen LogP contribution in [0.3, 0.4) is 0 Å². The summed E-state index contributed by atoms with van der Waals surface area (Å²) in [6.45, 7) is 2.38. The van der Waals surface area contributed by atoms with Crippen LogP contribution in [0.5, 0.6) is 0 Å². The van der Waals surface area contributed by atoms with E-state index in [1.165, 1.54) is 64.2 Å². The molecule has 0 heterocycles. The number of benzene rings is 2. The first-order chi connectivity index (χ1) is 12.8. The van der Waals surface area contributed by atoms with Gasteiger partial charge in [-0.2, -0.15) is 0 Å². The molecule has 0 amide bonds. The molecule has 0 atom stereocenters. The van der Waals surface area contributed by atoms with Crippen LogP contribution in [0, 0.1) is 6.92 Å². The van der Waals surface area contributed by atoms with Crippen molar-refractivity contribution in [1.82, 2.24) is 0 Å². The molecule has 1 heteroatoms. The van der Waals surface area contributed by atoms with Gasteiger partial charge < -0.3 is 0 Å². The van der Waals surface area contributed by atoms with E-state index in [9.17, 15) is 0 Å². The number of hydrogen-bond acceptors (Lipinski definition) is 0. The van der Waals surface area contributed by atoms with Gasteiger partial charge in [-0.3, -0.25) is 0 Å². The van der Waals surface area contributed by atoms with E-state index >= 15 is 0 Å². The van der Waals surface area contributed by atoms with E-state index in [0.717, 1.165) is 11.3 Å². The average molecular weight is 367 g/mol. The molecule has 2 fully saturated rings. The Morgan fingerprint density at radius 2 is 1.12 bits per heavy atom. The molecule has 0 radical (unpaired) electrons. The van der Waals surface area contributed by atoms with Crippen molar-refractivity contribution in [1.29, 1.82) is 0 Å². The first kappa shape index (κ1) is 18.2. The summed E-state index contributed by atoms with van der Waals surface area (Å²) in [6, 6.07) is 21.3. The molecule has 0 saturated heterocycles. The molecule has 2 aromatic carbocycles. The van der Waals surface area contributed by atoms with Crippen LogP contribution in [0.25, 0.3) is 0 Å². The molecule has 2 aromatic rings. The maximum atomic E-state index is 2.53. The van der Waals surface area contributed by atoms with Gasteiger partial charge in [0.25, 0.3) is 0 Å². The van der Waals surface area contributed by atoms with E-state index in [1.807, 2.05) is 0 Å². The fraction of sp³-hybridized carbons (Fsp3) is 0.520. The molecule has 2 aliphatic carbocycles. The third-order valence-electron chi connectivity index (χ3n) is 7.34. The number of hydrogen-bond donors (Lipinski definition) is 0. The molecule has 2 saturated carbocycles. The van der Waals surface area contributed by atoms with E-state index in [4.69, 9.17) is 0 Å². The van der Waals surface area contributed by atoms with E-state index in [1.54, 1.807) is 16.2 Å². The zero-order chi connectivity index (χ0) is 17.8. The minimum absolute atomic E-state index is 0.933. The molecule has 0 unspecified atom stereocenters. The topological polar surface area (TPSA) is 0 Å². The Kier molecular flexibility index (Phi) is 5.80. The molecule has 0 nitrogen and oxygen atoms in total.